The van der Waals surface area contributed by atoms with Gasteiger partial charge in [0, 0.05) is 32.6 Å². The van der Waals surface area contributed by atoms with Crippen molar-refractivity contribution in [1.29, 1.82) is 0 Å². The van der Waals surface area contributed by atoms with Crippen LogP contribution in [-0.2, 0) is 16.0 Å². The van der Waals surface area contributed by atoms with Gasteiger partial charge in [0.15, 0.2) is 0 Å². The first-order valence-electron chi connectivity index (χ1n) is 9.34. The first kappa shape index (κ1) is 19.4. The Balaban J connectivity index is 1.74. The summed E-state index contributed by atoms with van der Waals surface area (Å²) in [4.78, 5) is 28.6. The van der Waals surface area contributed by atoms with Crippen LogP contribution in [0.4, 0.5) is 0 Å². The maximum atomic E-state index is 12.5. The first-order valence-corrected chi connectivity index (χ1v) is 9.34. The van der Waals surface area contributed by atoms with E-state index in [0.717, 1.165) is 19.3 Å². The van der Waals surface area contributed by atoms with Gasteiger partial charge in [-0.2, -0.15) is 0 Å². The lowest BCUT2D eigenvalue weighted by Crippen LogP contribution is -2.58. The van der Waals surface area contributed by atoms with Crippen molar-refractivity contribution in [2.24, 2.45) is 5.73 Å². The monoisotopic (exact) mass is 345 g/mol. The third-order valence-electron chi connectivity index (χ3n) is 4.88. The molecule has 0 saturated carbocycles. The minimum atomic E-state index is -0.795. The number of benzene rings is 1. The average Bonchev–Trinajstić information content (AvgIpc) is 2.62. The van der Waals surface area contributed by atoms with Crippen LogP contribution < -0.4 is 5.73 Å². The van der Waals surface area contributed by atoms with Crippen molar-refractivity contribution in [3.05, 3.63) is 35.9 Å². The van der Waals surface area contributed by atoms with Gasteiger partial charge < -0.3 is 15.5 Å². The van der Waals surface area contributed by atoms with Crippen LogP contribution in [0.2, 0.25) is 0 Å². The summed E-state index contributed by atoms with van der Waals surface area (Å²) in [6.07, 6.45) is 3.92. The summed E-state index contributed by atoms with van der Waals surface area (Å²) in [5.74, 6) is 0.192. The number of amides is 2. The molecule has 2 rings (SSSR count). The van der Waals surface area contributed by atoms with Gasteiger partial charge in [0.2, 0.25) is 11.8 Å². The summed E-state index contributed by atoms with van der Waals surface area (Å²) in [5, 5.41) is 0. The summed E-state index contributed by atoms with van der Waals surface area (Å²) in [5.41, 5.74) is 6.62. The molecule has 1 saturated heterocycles. The number of nitrogens with zero attached hydrogens (tertiary/aromatic N) is 2. The zero-order valence-electron chi connectivity index (χ0n) is 15.5. The van der Waals surface area contributed by atoms with Gasteiger partial charge in [-0.15, -0.1) is 0 Å². The smallest absolute Gasteiger partial charge is 0.242 e. The Morgan fingerprint density at radius 1 is 1.08 bits per heavy atom. The van der Waals surface area contributed by atoms with Gasteiger partial charge in [0.1, 0.15) is 0 Å². The van der Waals surface area contributed by atoms with E-state index in [4.69, 9.17) is 5.73 Å². The second-order valence-corrected chi connectivity index (χ2v) is 7.18. The molecule has 0 spiro atoms. The van der Waals surface area contributed by atoms with Gasteiger partial charge in [-0.05, 0) is 31.7 Å². The van der Waals surface area contributed by atoms with Crippen LogP contribution in [0, 0.1) is 0 Å². The van der Waals surface area contributed by atoms with Gasteiger partial charge in [-0.1, -0.05) is 43.7 Å². The molecule has 1 aliphatic rings. The molecule has 5 nitrogen and oxygen atoms in total. The molecule has 0 aromatic heterocycles. The molecule has 1 aromatic carbocycles. The number of rotatable bonds is 7. The number of hydrogen-bond donors (Lipinski definition) is 1. The lowest BCUT2D eigenvalue weighted by molar-refractivity contribution is -0.142. The standard InChI is InChI=1S/C20H31N3O2/c1-3-12-20(2,21)19(25)23-15-13-22(14-16-23)18(24)11-7-10-17-8-5-4-6-9-17/h4-6,8-9H,3,7,10-16,21H2,1-2H3. The Labute approximate surface area is 151 Å². The molecule has 2 amide bonds. The third-order valence-corrected chi connectivity index (χ3v) is 4.88. The lowest BCUT2D eigenvalue weighted by atomic mass is 9.95. The molecule has 0 radical (unpaired) electrons. The summed E-state index contributed by atoms with van der Waals surface area (Å²) < 4.78 is 0. The van der Waals surface area contributed by atoms with E-state index < -0.39 is 5.54 Å². The lowest BCUT2D eigenvalue weighted by Gasteiger charge is -2.38. The van der Waals surface area contributed by atoms with Gasteiger partial charge in [-0.3, -0.25) is 9.59 Å². The number of carbonyl (C=O) groups excluding carboxylic acids is 2. The second-order valence-electron chi connectivity index (χ2n) is 7.18. The molecule has 1 atom stereocenters. The normalized spacial score (nSPS) is 17.2. The molecule has 1 fully saturated rings. The SMILES string of the molecule is CCCC(C)(N)C(=O)N1CCN(C(=O)CCCc2ccccc2)CC1. The highest BCUT2D eigenvalue weighted by atomic mass is 16.2. The maximum absolute atomic E-state index is 12.5. The zero-order chi connectivity index (χ0) is 18.3. The molecular formula is C20H31N3O2. The van der Waals surface area contributed by atoms with Crippen LogP contribution in [0.1, 0.15) is 45.1 Å². The van der Waals surface area contributed by atoms with E-state index in [-0.39, 0.29) is 11.8 Å². The van der Waals surface area contributed by atoms with Gasteiger partial charge >= 0.3 is 0 Å². The number of piperazine rings is 1. The number of nitrogens with two attached hydrogens (primary N) is 1. The van der Waals surface area contributed by atoms with E-state index >= 15 is 0 Å². The molecule has 5 heteroatoms. The Hall–Kier alpha value is -1.88. The van der Waals surface area contributed by atoms with Crippen molar-refractivity contribution >= 4 is 11.8 Å². The highest BCUT2D eigenvalue weighted by Crippen LogP contribution is 2.15. The van der Waals surface area contributed by atoms with Crippen LogP contribution in [0.15, 0.2) is 30.3 Å². The van der Waals surface area contributed by atoms with Crippen molar-refractivity contribution in [1.82, 2.24) is 9.80 Å². The van der Waals surface area contributed by atoms with Crippen LogP contribution >= 0.6 is 0 Å². The maximum Gasteiger partial charge on any atom is 0.242 e. The molecule has 2 N–H and O–H groups in total. The molecule has 0 bridgehead atoms. The highest BCUT2D eigenvalue weighted by molar-refractivity contribution is 5.86. The predicted molar refractivity (Wildman–Crippen MR) is 100 cm³/mol. The minimum Gasteiger partial charge on any atom is -0.339 e. The van der Waals surface area contributed by atoms with Crippen LogP contribution in [0.5, 0.6) is 0 Å². The quantitative estimate of drug-likeness (QED) is 0.824. The fraction of sp³-hybridized carbons (Fsp3) is 0.600. The van der Waals surface area contributed by atoms with E-state index in [1.165, 1.54) is 5.56 Å². The Morgan fingerprint density at radius 3 is 2.28 bits per heavy atom. The van der Waals surface area contributed by atoms with Crippen molar-refractivity contribution in [2.45, 2.75) is 51.5 Å². The Kier molecular flexibility index (Phi) is 7.00. The fourth-order valence-corrected chi connectivity index (χ4v) is 3.39. The molecule has 0 aliphatic carbocycles. The van der Waals surface area contributed by atoms with E-state index in [2.05, 4.69) is 12.1 Å². The molecule has 1 heterocycles. The molecule has 25 heavy (non-hydrogen) atoms. The molecular weight excluding hydrogens is 314 g/mol. The predicted octanol–water partition coefficient (Wildman–Crippen LogP) is 2.20. The number of carbonyl (C=O) groups is 2. The summed E-state index contributed by atoms with van der Waals surface area (Å²) in [7, 11) is 0. The summed E-state index contributed by atoms with van der Waals surface area (Å²) in [6.45, 7) is 6.22. The number of hydrogen-bond acceptors (Lipinski definition) is 3. The van der Waals surface area contributed by atoms with Gasteiger partial charge in [0.05, 0.1) is 5.54 Å². The van der Waals surface area contributed by atoms with Gasteiger partial charge in [-0.25, -0.2) is 0 Å². The Morgan fingerprint density at radius 2 is 1.68 bits per heavy atom. The third kappa shape index (κ3) is 5.56. The van der Waals surface area contributed by atoms with E-state index in [0.29, 0.717) is 39.0 Å². The van der Waals surface area contributed by atoms with Gasteiger partial charge in [0.25, 0.3) is 0 Å². The average molecular weight is 345 g/mol. The van der Waals surface area contributed by atoms with Crippen molar-refractivity contribution < 1.29 is 9.59 Å². The topological polar surface area (TPSA) is 66.6 Å². The van der Waals surface area contributed by atoms with E-state index in [9.17, 15) is 9.59 Å². The Bertz CT molecular complexity index is 564. The minimum absolute atomic E-state index is 0.00512. The number of aryl methyl sites for hydroxylation is 1. The molecule has 1 aromatic rings. The van der Waals surface area contributed by atoms with Crippen molar-refractivity contribution in [3.8, 4) is 0 Å². The largest absolute Gasteiger partial charge is 0.339 e. The molecule has 138 valence electrons. The fourth-order valence-electron chi connectivity index (χ4n) is 3.39. The van der Waals surface area contributed by atoms with Crippen molar-refractivity contribution in [3.63, 3.8) is 0 Å². The molecule has 1 aliphatic heterocycles. The summed E-state index contributed by atoms with van der Waals surface area (Å²) in [6, 6.07) is 10.2. The molecule has 1 unspecified atom stereocenters. The van der Waals surface area contributed by atoms with Crippen LogP contribution in [-0.4, -0.2) is 53.3 Å². The summed E-state index contributed by atoms with van der Waals surface area (Å²) >= 11 is 0. The van der Waals surface area contributed by atoms with E-state index in [1.807, 2.05) is 34.9 Å². The zero-order valence-corrected chi connectivity index (χ0v) is 15.5. The highest BCUT2D eigenvalue weighted by Gasteiger charge is 2.33. The van der Waals surface area contributed by atoms with Crippen molar-refractivity contribution in [2.75, 3.05) is 26.2 Å². The first-order chi connectivity index (χ1) is 11.9. The van der Waals surface area contributed by atoms with Crippen LogP contribution in [0.25, 0.3) is 0 Å². The second kappa shape index (κ2) is 8.99. The van der Waals surface area contributed by atoms with Crippen LogP contribution in [0.3, 0.4) is 0 Å². The van der Waals surface area contributed by atoms with E-state index in [1.54, 1.807) is 6.92 Å².